The van der Waals surface area contributed by atoms with Crippen LogP contribution in [0, 0.1) is 17.3 Å². The molecule has 0 aromatic heterocycles. The fourth-order valence-corrected chi connectivity index (χ4v) is 2.93. The Morgan fingerprint density at radius 2 is 1.73 bits per heavy atom. The van der Waals surface area contributed by atoms with E-state index in [4.69, 9.17) is 0 Å². The van der Waals surface area contributed by atoms with Gasteiger partial charge in [0.05, 0.1) is 0 Å². The molecule has 1 heteroatoms. The molecule has 0 aromatic rings. The van der Waals surface area contributed by atoms with Crippen molar-refractivity contribution in [1.82, 2.24) is 0 Å². The van der Waals surface area contributed by atoms with Crippen molar-refractivity contribution >= 4 is 5.78 Å². The Morgan fingerprint density at radius 3 is 2.18 bits per heavy atom. The van der Waals surface area contributed by atoms with Gasteiger partial charge in [-0.05, 0) is 30.1 Å². The highest BCUT2D eigenvalue weighted by molar-refractivity contribution is 5.81. The van der Waals surface area contributed by atoms with Gasteiger partial charge in [-0.3, -0.25) is 4.79 Å². The third kappa shape index (κ3) is 0.597. The van der Waals surface area contributed by atoms with Gasteiger partial charge in [0.1, 0.15) is 5.78 Å². The van der Waals surface area contributed by atoms with E-state index in [0.717, 1.165) is 12.8 Å². The monoisotopic (exact) mass is 148 g/mol. The summed E-state index contributed by atoms with van der Waals surface area (Å²) in [5.41, 5.74) is 0.605. The molecule has 2 atom stereocenters. The highest BCUT2D eigenvalue weighted by Crippen LogP contribution is 2.65. The van der Waals surface area contributed by atoms with Crippen LogP contribution in [0.4, 0.5) is 0 Å². The van der Waals surface area contributed by atoms with Gasteiger partial charge >= 0.3 is 0 Å². The van der Waals surface area contributed by atoms with Gasteiger partial charge in [0.15, 0.2) is 0 Å². The molecular formula is C10H12O. The van der Waals surface area contributed by atoms with Crippen molar-refractivity contribution in [3.8, 4) is 0 Å². The zero-order chi connectivity index (χ0) is 7.47. The van der Waals surface area contributed by atoms with E-state index < -0.39 is 0 Å². The van der Waals surface area contributed by atoms with Crippen molar-refractivity contribution in [3.05, 3.63) is 12.2 Å². The molecule has 1 spiro atoms. The molecule has 0 saturated heterocycles. The van der Waals surface area contributed by atoms with Crippen LogP contribution in [0.1, 0.15) is 25.7 Å². The quantitative estimate of drug-likeness (QED) is 0.480. The van der Waals surface area contributed by atoms with E-state index in [2.05, 4.69) is 12.2 Å². The van der Waals surface area contributed by atoms with Crippen LogP contribution in [0.3, 0.4) is 0 Å². The number of ketones is 1. The fraction of sp³-hybridized carbons (Fsp3) is 0.700. The molecule has 11 heavy (non-hydrogen) atoms. The summed E-state index contributed by atoms with van der Waals surface area (Å²) in [5.74, 6) is 1.75. The summed E-state index contributed by atoms with van der Waals surface area (Å²) in [4.78, 5) is 11.2. The van der Waals surface area contributed by atoms with Crippen LogP contribution in [0.25, 0.3) is 0 Å². The first-order valence-corrected chi connectivity index (χ1v) is 4.51. The maximum absolute atomic E-state index is 11.2. The van der Waals surface area contributed by atoms with E-state index in [9.17, 15) is 4.79 Å². The highest BCUT2D eigenvalue weighted by Gasteiger charge is 2.58. The van der Waals surface area contributed by atoms with E-state index in [1.165, 1.54) is 12.8 Å². The average Bonchev–Trinajstić information content (AvgIpc) is 2.66. The molecule has 1 nitrogen and oxygen atoms in total. The fourth-order valence-electron chi connectivity index (χ4n) is 2.93. The first-order valence-electron chi connectivity index (χ1n) is 4.51. The molecule has 3 rings (SSSR count). The van der Waals surface area contributed by atoms with Gasteiger partial charge in [-0.25, -0.2) is 0 Å². The van der Waals surface area contributed by atoms with Crippen molar-refractivity contribution in [2.45, 2.75) is 25.7 Å². The molecule has 2 bridgehead atoms. The summed E-state index contributed by atoms with van der Waals surface area (Å²) in [6, 6.07) is 0. The van der Waals surface area contributed by atoms with Crippen LogP contribution in [0.15, 0.2) is 12.2 Å². The Labute approximate surface area is 66.5 Å². The highest BCUT2D eigenvalue weighted by atomic mass is 16.1. The minimum atomic E-state index is 0.488. The summed E-state index contributed by atoms with van der Waals surface area (Å²) in [6.45, 7) is 0. The van der Waals surface area contributed by atoms with Crippen LogP contribution in [-0.4, -0.2) is 5.78 Å². The van der Waals surface area contributed by atoms with Gasteiger partial charge in [0.25, 0.3) is 0 Å². The summed E-state index contributed by atoms with van der Waals surface area (Å²) >= 11 is 0. The smallest absolute Gasteiger partial charge is 0.134 e. The van der Waals surface area contributed by atoms with E-state index >= 15 is 0 Å². The molecular weight excluding hydrogens is 136 g/mol. The molecule has 2 unspecified atom stereocenters. The second kappa shape index (κ2) is 1.60. The normalized spacial score (nSPS) is 43.5. The standard InChI is InChI=1S/C10H12O/c11-9-5-7-1-2-8(6-9)10(7)3-4-10/h1-2,7-8H,3-6H2. The van der Waals surface area contributed by atoms with Gasteiger partial charge in [0, 0.05) is 12.8 Å². The minimum Gasteiger partial charge on any atom is -0.300 e. The molecule has 3 aliphatic carbocycles. The van der Waals surface area contributed by atoms with Crippen molar-refractivity contribution < 1.29 is 4.79 Å². The number of rotatable bonds is 0. The van der Waals surface area contributed by atoms with Crippen molar-refractivity contribution in [3.63, 3.8) is 0 Å². The van der Waals surface area contributed by atoms with E-state index in [0.29, 0.717) is 23.0 Å². The molecule has 0 amide bonds. The first kappa shape index (κ1) is 5.99. The Balaban J connectivity index is 2.00. The second-order valence-electron chi connectivity index (χ2n) is 4.28. The third-order valence-electron chi connectivity index (χ3n) is 3.78. The van der Waals surface area contributed by atoms with Gasteiger partial charge in [0.2, 0.25) is 0 Å². The Hall–Kier alpha value is -0.590. The maximum atomic E-state index is 11.2. The van der Waals surface area contributed by atoms with Crippen LogP contribution >= 0.6 is 0 Å². The number of Topliss-reactive ketones (excluding diaryl/α,β-unsaturated/α-hetero) is 1. The van der Waals surface area contributed by atoms with Gasteiger partial charge in [-0.15, -0.1) is 0 Å². The molecule has 2 fully saturated rings. The molecule has 0 N–H and O–H groups in total. The Kier molecular flexibility index (Phi) is 0.869. The zero-order valence-corrected chi connectivity index (χ0v) is 6.55. The third-order valence-corrected chi connectivity index (χ3v) is 3.78. The molecule has 0 aliphatic heterocycles. The van der Waals surface area contributed by atoms with E-state index in [-0.39, 0.29) is 0 Å². The lowest BCUT2D eigenvalue weighted by atomic mass is 9.74. The number of carbonyl (C=O) groups is 1. The minimum absolute atomic E-state index is 0.488. The predicted octanol–water partition coefficient (Wildman–Crippen LogP) is 1.93. The first-order chi connectivity index (χ1) is 5.31. The number of carbonyl (C=O) groups excluding carboxylic acids is 1. The summed E-state index contributed by atoms with van der Waals surface area (Å²) in [6.07, 6.45) is 9.02. The SMILES string of the molecule is O=C1CC2C=CC(C1)C21CC1. The van der Waals surface area contributed by atoms with Gasteiger partial charge < -0.3 is 0 Å². The van der Waals surface area contributed by atoms with Crippen molar-refractivity contribution in [2.24, 2.45) is 17.3 Å². The van der Waals surface area contributed by atoms with Crippen molar-refractivity contribution in [2.75, 3.05) is 0 Å². The molecule has 0 radical (unpaired) electrons. The van der Waals surface area contributed by atoms with E-state index in [1.807, 2.05) is 0 Å². The number of hydrogen-bond donors (Lipinski definition) is 0. The molecule has 58 valence electrons. The molecule has 0 heterocycles. The number of hydrogen-bond acceptors (Lipinski definition) is 1. The molecule has 2 saturated carbocycles. The summed E-state index contributed by atoms with van der Waals surface area (Å²) in [7, 11) is 0. The summed E-state index contributed by atoms with van der Waals surface area (Å²) < 4.78 is 0. The largest absolute Gasteiger partial charge is 0.300 e. The lowest BCUT2D eigenvalue weighted by molar-refractivity contribution is -0.123. The average molecular weight is 148 g/mol. The number of allylic oxidation sites excluding steroid dienone is 2. The van der Waals surface area contributed by atoms with Crippen LogP contribution in [0.2, 0.25) is 0 Å². The predicted molar refractivity (Wildman–Crippen MR) is 42.0 cm³/mol. The molecule has 3 aliphatic rings. The Bertz CT molecular complexity index is 228. The van der Waals surface area contributed by atoms with E-state index in [1.54, 1.807) is 0 Å². The van der Waals surface area contributed by atoms with Gasteiger partial charge in [-0.2, -0.15) is 0 Å². The molecule has 0 aromatic carbocycles. The lowest BCUT2D eigenvalue weighted by Gasteiger charge is -2.29. The maximum Gasteiger partial charge on any atom is 0.134 e. The topological polar surface area (TPSA) is 17.1 Å². The van der Waals surface area contributed by atoms with Gasteiger partial charge in [-0.1, -0.05) is 12.2 Å². The summed E-state index contributed by atoms with van der Waals surface area (Å²) in [5, 5.41) is 0. The Morgan fingerprint density at radius 1 is 1.18 bits per heavy atom. The second-order valence-corrected chi connectivity index (χ2v) is 4.28. The van der Waals surface area contributed by atoms with Crippen LogP contribution in [-0.2, 0) is 4.79 Å². The van der Waals surface area contributed by atoms with Crippen molar-refractivity contribution in [1.29, 1.82) is 0 Å². The van der Waals surface area contributed by atoms with Crippen LogP contribution < -0.4 is 0 Å². The lowest BCUT2D eigenvalue weighted by Crippen LogP contribution is -2.28. The van der Waals surface area contributed by atoms with Crippen LogP contribution in [0.5, 0.6) is 0 Å². The zero-order valence-electron chi connectivity index (χ0n) is 6.55.